The van der Waals surface area contributed by atoms with Crippen molar-refractivity contribution in [1.29, 1.82) is 0 Å². The molecule has 2 rings (SSSR count). The zero-order valence-electron chi connectivity index (χ0n) is 10.4. The predicted molar refractivity (Wildman–Crippen MR) is 75.1 cm³/mol. The van der Waals surface area contributed by atoms with Crippen LogP contribution >= 0.6 is 15.9 Å². The van der Waals surface area contributed by atoms with Gasteiger partial charge >= 0.3 is 0 Å². The van der Waals surface area contributed by atoms with Gasteiger partial charge in [-0.25, -0.2) is 9.97 Å². The first-order chi connectivity index (χ1) is 8.69. The predicted octanol–water partition coefficient (Wildman–Crippen LogP) is 3.47. The number of hydrogen-bond acceptors (Lipinski definition) is 3. The summed E-state index contributed by atoms with van der Waals surface area (Å²) in [6, 6.07) is 10.3. The van der Waals surface area contributed by atoms with Crippen LogP contribution in [0.3, 0.4) is 0 Å². The molecule has 0 bridgehead atoms. The van der Waals surface area contributed by atoms with Crippen LogP contribution in [0.2, 0.25) is 0 Å². The fourth-order valence-corrected chi connectivity index (χ4v) is 2.38. The van der Waals surface area contributed by atoms with Crippen LogP contribution in [0.5, 0.6) is 5.88 Å². The number of hydrogen-bond donors (Lipinski definition) is 0. The van der Waals surface area contributed by atoms with Gasteiger partial charge in [0.15, 0.2) is 0 Å². The minimum absolute atomic E-state index is 0.247. The largest absolute Gasteiger partial charge is 0.481 e. The Bertz CT molecular complexity index is 531. The summed E-state index contributed by atoms with van der Waals surface area (Å²) in [5, 5.41) is 0. The van der Waals surface area contributed by atoms with E-state index in [4.69, 9.17) is 4.74 Å². The van der Waals surface area contributed by atoms with E-state index in [1.807, 2.05) is 6.07 Å². The monoisotopic (exact) mass is 306 g/mol. The Kier molecular flexibility index (Phi) is 4.31. The van der Waals surface area contributed by atoms with Crippen molar-refractivity contribution in [1.82, 2.24) is 9.97 Å². The quantitative estimate of drug-likeness (QED) is 0.811. The summed E-state index contributed by atoms with van der Waals surface area (Å²) in [7, 11) is 1.61. The van der Waals surface area contributed by atoms with Crippen LogP contribution in [0, 0.1) is 6.92 Å². The maximum atomic E-state index is 5.09. The van der Waals surface area contributed by atoms with Crippen molar-refractivity contribution in [2.75, 3.05) is 7.11 Å². The molecule has 0 aliphatic heterocycles. The molecule has 0 spiro atoms. The second-order valence-electron chi connectivity index (χ2n) is 4.14. The number of aryl methyl sites for hydroxylation is 1. The van der Waals surface area contributed by atoms with E-state index in [1.165, 1.54) is 17.5 Å². The zero-order valence-corrected chi connectivity index (χ0v) is 12.0. The van der Waals surface area contributed by atoms with Crippen LogP contribution in [0.25, 0.3) is 0 Å². The highest BCUT2D eigenvalue weighted by Crippen LogP contribution is 2.27. The van der Waals surface area contributed by atoms with Crippen molar-refractivity contribution in [2.45, 2.75) is 18.2 Å². The van der Waals surface area contributed by atoms with E-state index in [2.05, 4.69) is 57.1 Å². The van der Waals surface area contributed by atoms with Crippen molar-refractivity contribution >= 4 is 15.9 Å². The number of methoxy groups -OCH3 is 1. The fourth-order valence-electron chi connectivity index (χ4n) is 1.77. The van der Waals surface area contributed by atoms with Crippen molar-refractivity contribution in [2.24, 2.45) is 0 Å². The molecule has 94 valence electrons. The Labute approximate surface area is 115 Å². The smallest absolute Gasteiger partial charge is 0.216 e. The third-order valence-electron chi connectivity index (χ3n) is 2.70. The molecule has 0 amide bonds. The maximum absolute atomic E-state index is 5.09. The molecule has 18 heavy (non-hydrogen) atoms. The normalized spacial score (nSPS) is 12.2. The summed E-state index contributed by atoms with van der Waals surface area (Å²) in [5.41, 5.74) is 3.48. The standard InChI is InChI=1S/C14H15BrN2O/c1-10-4-3-5-11(6-10)13(15)7-12-8-14(18-2)17-9-16-12/h3-6,8-9,13H,7H2,1-2H3. The lowest BCUT2D eigenvalue weighted by Crippen LogP contribution is -1.99. The van der Waals surface area contributed by atoms with Gasteiger partial charge in [-0.2, -0.15) is 0 Å². The Morgan fingerprint density at radius 3 is 2.83 bits per heavy atom. The molecule has 3 nitrogen and oxygen atoms in total. The topological polar surface area (TPSA) is 35.0 Å². The average Bonchev–Trinajstić information content (AvgIpc) is 2.39. The van der Waals surface area contributed by atoms with E-state index >= 15 is 0 Å². The van der Waals surface area contributed by atoms with Crippen molar-refractivity contribution in [3.8, 4) is 5.88 Å². The summed E-state index contributed by atoms with van der Waals surface area (Å²) in [6.45, 7) is 2.09. The molecule has 2 aromatic rings. The molecule has 0 aliphatic carbocycles. The van der Waals surface area contributed by atoms with Gasteiger partial charge in [-0.05, 0) is 12.5 Å². The lowest BCUT2D eigenvalue weighted by molar-refractivity contribution is 0.396. The SMILES string of the molecule is COc1cc(CC(Br)c2cccc(C)c2)ncn1. The lowest BCUT2D eigenvalue weighted by Gasteiger charge is -2.10. The number of aromatic nitrogens is 2. The highest BCUT2D eigenvalue weighted by atomic mass is 79.9. The summed E-state index contributed by atoms with van der Waals surface area (Å²) < 4.78 is 5.09. The van der Waals surface area contributed by atoms with E-state index in [-0.39, 0.29) is 4.83 Å². The Morgan fingerprint density at radius 2 is 2.11 bits per heavy atom. The highest BCUT2D eigenvalue weighted by Gasteiger charge is 2.10. The van der Waals surface area contributed by atoms with E-state index in [0.717, 1.165) is 12.1 Å². The van der Waals surface area contributed by atoms with Gasteiger partial charge in [-0.15, -0.1) is 0 Å². The van der Waals surface area contributed by atoms with Crippen molar-refractivity contribution in [3.63, 3.8) is 0 Å². The first-order valence-corrected chi connectivity index (χ1v) is 6.66. The summed E-state index contributed by atoms with van der Waals surface area (Å²) >= 11 is 3.70. The van der Waals surface area contributed by atoms with Gasteiger partial charge < -0.3 is 4.74 Å². The highest BCUT2D eigenvalue weighted by molar-refractivity contribution is 9.09. The minimum atomic E-state index is 0.247. The van der Waals surface area contributed by atoms with Crippen LogP contribution in [0.15, 0.2) is 36.7 Å². The van der Waals surface area contributed by atoms with Gasteiger partial charge in [0.2, 0.25) is 5.88 Å². The third-order valence-corrected chi connectivity index (χ3v) is 3.55. The molecular weight excluding hydrogens is 292 g/mol. The van der Waals surface area contributed by atoms with Gasteiger partial charge in [-0.1, -0.05) is 45.8 Å². The van der Waals surface area contributed by atoms with Crippen LogP contribution in [0.1, 0.15) is 21.6 Å². The number of benzene rings is 1. The van der Waals surface area contributed by atoms with E-state index < -0.39 is 0 Å². The number of halogens is 1. The van der Waals surface area contributed by atoms with Gasteiger partial charge in [0, 0.05) is 23.0 Å². The van der Waals surface area contributed by atoms with Crippen molar-refractivity contribution in [3.05, 3.63) is 53.5 Å². The van der Waals surface area contributed by atoms with Crippen LogP contribution in [-0.4, -0.2) is 17.1 Å². The number of rotatable bonds is 4. The van der Waals surface area contributed by atoms with Crippen LogP contribution < -0.4 is 4.74 Å². The van der Waals surface area contributed by atoms with Crippen molar-refractivity contribution < 1.29 is 4.74 Å². The second-order valence-corrected chi connectivity index (χ2v) is 5.24. The molecule has 1 aromatic carbocycles. The molecule has 0 radical (unpaired) electrons. The Balaban J connectivity index is 2.13. The molecule has 0 saturated carbocycles. The zero-order chi connectivity index (χ0) is 13.0. The van der Waals surface area contributed by atoms with Gasteiger partial charge in [0.1, 0.15) is 6.33 Å². The maximum Gasteiger partial charge on any atom is 0.216 e. The summed E-state index contributed by atoms with van der Waals surface area (Å²) in [5.74, 6) is 0.601. The molecule has 1 aromatic heterocycles. The van der Waals surface area contributed by atoms with E-state index in [1.54, 1.807) is 7.11 Å². The molecule has 0 saturated heterocycles. The van der Waals surface area contributed by atoms with Crippen LogP contribution in [-0.2, 0) is 6.42 Å². The molecule has 1 atom stereocenters. The fraction of sp³-hybridized carbons (Fsp3) is 0.286. The molecule has 0 aliphatic rings. The van der Waals surface area contributed by atoms with Gasteiger partial charge in [0.05, 0.1) is 7.11 Å². The Morgan fingerprint density at radius 1 is 1.28 bits per heavy atom. The second kappa shape index (κ2) is 5.96. The van der Waals surface area contributed by atoms with E-state index in [0.29, 0.717) is 5.88 Å². The molecule has 1 unspecified atom stereocenters. The molecule has 1 heterocycles. The third kappa shape index (κ3) is 3.29. The first-order valence-electron chi connectivity index (χ1n) is 5.74. The lowest BCUT2D eigenvalue weighted by atomic mass is 10.1. The summed E-state index contributed by atoms with van der Waals surface area (Å²) in [6.07, 6.45) is 2.34. The minimum Gasteiger partial charge on any atom is -0.481 e. The van der Waals surface area contributed by atoms with Crippen LogP contribution in [0.4, 0.5) is 0 Å². The molecule has 4 heteroatoms. The number of nitrogens with zero attached hydrogens (tertiary/aromatic N) is 2. The van der Waals surface area contributed by atoms with Gasteiger partial charge in [0.25, 0.3) is 0 Å². The Hall–Kier alpha value is -1.42. The summed E-state index contributed by atoms with van der Waals surface area (Å²) in [4.78, 5) is 8.50. The molecular formula is C14H15BrN2O. The van der Waals surface area contributed by atoms with Gasteiger partial charge in [-0.3, -0.25) is 0 Å². The number of alkyl halides is 1. The molecule has 0 fully saturated rings. The molecule has 0 N–H and O–H groups in total. The first kappa shape index (κ1) is 13.0. The van der Waals surface area contributed by atoms with E-state index in [9.17, 15) is 0 Å². The number of ether oxygens (including phenoxy) is 1. The average molecular weight is 307 g/mol.